The minimum atomic E-state index is -0.616. The van der Waals surface area contributed by atoms with Crippen LogP contribution in [0.15, 0.2) is 35.5 Å². The third-order valence-electron chi connectivity index (χ3n) is 9.64. The van der Waals surface area contributed by atoms with Crippen LogP contribution in [0.4, 0.5) is 0 Å². The van der Waals surface area contributed by atoms with E-state index in [2.05, 4.69) is 46.4 Å². The first-order chi connectivity index (χ1) is 15.1. The van der Waals surface area contributed by atoms with Gasteiger partial charge in [0.25, 0.3) is 0 Å². The molecule has 0 aromatic heterocycles. The summed E-state index contributed by atoms with van der Waals surface area (Å²) >= 11 is 0. The number of rotatable bonds is 8. The van der Waals surface area contributed by atoms with Crippen molar-refractivity contribution in [2.24, 2.45) is 23.2 Å². The monoisotopic (exact) mass is 444 g/mol. The first kappa shape index (κ1) is 25.7. The molecule has 0 aliphatic heterocycles. The summed E-state index contributed by atoms with van der Waals surface area (Å²) in [5.74, 6) is 2.13. The molecule has 3 unspecified atom stereocenters. The molecule has 0 saturated heterocycles. The molecule has 3 aliphatic carbocycles. The molecule has 3 fully saturated rings. The smallest absolute Gasteiger partial charge is 0.0809 e. The summed E-state index contributed by atoms with van der Waals surface area (Å²) in [6, 6.07) is 0. The van der Waals surface area contributed by atoms with Crippen molar-refractivity contribution in [1.29, 1.82) is 0 Å². The standard InChI is InChI=1S/C29H48O3/c1-6-29(32,7-2)17-8-10-20(3)24-14-15-25-23(11-9-16-28(24,25)5)13-12-22-18-26(30)21(4)27(31)19-22/h12-13,20,24-27,30-32H,4,6-11,14-19H2,1-3,5H3/b23-13+/t20?,24?,25?,26-,27-,28-/m1/s1. The van der Waals surface area contributed by atoms with Crippen LogP contribution in [0.2, 0.25) is 0 Å². The van der Waals surface area contributed by atoms with E-state index in [0.717, 1.165) is 37.2 Å². The molecule has 3 saturated carbocycles. The summed E-state index contributed by atoms with van der Waals surface area (Å²) in [7, 11) is 0. The van der Waals surface area contributed by atoms with E-state index in [9.17, 15) is 15.3 Å². The lowest BCUT2D eigenvalue weighted by molar-refractivity contribution is 0.0178. The largest absolute Gasteiger partial charge is 0.390 e. The Morgan fingerprint density at radius 3 is 2.41 bits per heavy atom. The fourth-order valence-corrected chi connectivity index (χ4v) is 7.20. The molecule has 182 valence electrons. The van der Waals surface area contributed by atoms with Gasteiger partial charge in [0, 0.05) is 0 Å². The second-order valence-electron chi connectivity index (χ2n) is 11.5. The zero-order chi connectivity index (χ0) is 23.5. The third-order valence-corrected chi connectivity index (χ3v) is 9.64. The van der Waals surface area contributed by atoms with Crippen LogP contribution in [0.5, 0.6) is 0 Å². The van der Waals surface area contributed by atoms with Gasteiger partial charge in [-0.25, -0.2) is 0 Å². The topological polar surface area (TPSA) is 60.7 Å². The van der Waals surface area contributed by atoms with Crippen LogP contribution in [0.1, 0.15) is 105 Å². The van der Waals surface area contributed by atoms with Gasteiger partial charge in [0.2, 0.25) is 0 Å². The average molecular weight is 445 g/mol. The third kappa shape index (κ3) is 5.42. The Morgan fingerprint density at radius 2 is 1.78 bits per heavy atom. The summed E-state index contributed by atoms with van der Waals surface area (Å²) < 4.78 is 0. The van der Waals surface area contributed by atoms with Crippen LogP contribution in [0, 0.1) is 23.2 Å². The van der Waals surface area contributed by atoms with E-state index in [0.29, 0.717) is 35.7 Å². The van der Waals surface area contributed by atoms with Crippen LogP contribution in [0.3, 0.4) is 0 Å². The number of aliphatic hydroxyl groups is 3. The van der Waals surface area contributed by atoms with Crippen molar-refractivity contribution < 1.29 is 15.3 Å². The zero-order valence-electron chi connectivity index (χ0n) is 21.1. The van der Waals surface area contributed by atoms with Gasteiger partial charge in [-0.3, -0.25) is 0 Å². The van der Waals surface area contributed by atoms with Crippen molar-refractivity contribution in [2.45, 2.75) is 123 Å². The van der Waals surface area contributed by atoms with Crippen LogP contribution >= 0.6 is 0 Å². The quantitative estimate of drug-likeness (QED) is 0.375. The van der Waals surface area contributed by atoms with Crippen molar-refractivity contribution >= 4 is 0 Å². The predicted molar refractivity (Wildman–Crippen MR) is 133 cm³/mol. The lowest BCUT2D eigenvalue weighted by Crippen LogP contribution is -2.36. The maximum Gasteiger partial charge on any atom is 0.0809 e. The van der Waals surface area contributed by atoms with Gasteiger partial charge in [0.05, 0.1) is 17.8 Å². The zero-order valence-corrected chi connectivity index (χ0v) is 21.1. The Balaban J connectivity index is 1.65. The number of fused-ring (bicyclic) bond motifs is 1. The summed E-state index contributed by atoms with van der Waals surface area (Å²) in [5.41, 5.74) is 3.19. The highest BCUT2D eigenvalue weighted by atomic mass is 16.3. The van der Waals surface area contributed by atoms with Crippen molar-refractivity contribution in [3.63, 3.8) is 0 Å². The van der Waals surface area contributed by atoms with Crippen LogP contribution in [-0.2, 0) is 0 Å². The lowest BCUT2D eigenvalue weighted by atomic mass is 9.60. The van der Waals surface area contributed by atoms with Gasteiger partial charge in [0.1, 0.15) is 0 Å². The van der Waals surface area contributed by atoms with Gasteiger partial charge in [0.15, 0.2) is 0 Å². The molecular weight excluding hydrogens is 396 g/mol. The SMILES string of the molecule is C=C1[C@H](O)CC(=C/C=C2\CCC[C@@]3(C)C2CCC3C(C)CCCC(O)(CC)CC)C[C@H]1O. The Morgan fingerprint density at radius 1 is 1.12 bits per heavy atom. The van der Waals surface area contributed by atoms with Gasteiger partial charge in [-0.1, -0.05) is 70.4 Å². The maximum absolute atomic E-state index is 10.6. The van der Waals surface area contributed by atoms with Gasteiger partial charge in [-0.2, -0.15) is 0 Å². The molecule has 0 radical (unpaired) electrons. The van der Waals surface area contributed by atoms with Gasteiger partial charge >= 0.3 is 0 Å². The van der Waals surface area contributed by atoms with E-state index >= 15 is 0 Å². The molecule has 0 spiro atoms. The molecule has 0 heterocycles. The molecular formula is C29H48O3. The number of hydrogen-bond acceptors (Lipinski definition) is 3. The van der Waals surface area contributed by atoms with Crippen molar-refractivity contribution in [3.05, 3.63) is 35.5 Å². The minimum absolute atomic E-state index is 0.383. The van der Waals surface area contributed by atoms with Crippen LogP contribution < -0.4 is 0 Å². The highest BCUT2D eigenvalue weighted by Gasteiger charge is 2.50. The maximum atomic E-state index is 10.6. The fourth-order valence-electron chi connectivity index (χ4n) is 7.20. The first-order valence-electron chi connectivity index (χ1n) is 13.3. The number of hydrogen-bond donors (Lipinski definition) is 3. The highest BCUT2D eigenvalue weighted by molar-refractivity contribution is 5.29. The fraction of sp³-hybridized carbons (Fsp3) is 0.793. The molecule has 3 heteroatoms. The normalized spacial score (nSPS) is 35.8. The summed E-state index contributed by atoms with van der Waals surface area (Å²) in [6.45, 7) is 13.0. The van der Waals surface area contributed by atoms with Crippen molar-refractivity contribution in [1.82, 2.24) is 0 Å². The van der Waals surface area contributed by atoms with Crippen LogP contribution in [-0.4, -0.2) is 33.1 Å². The summed E-state index contributed by atoms with van der Waals surface area (Å²) in [5, 5.41) is 31.0. The van der Waals surface area contributed by atoms with Crippen molar-refractivity contribution in [2.75, 3.05) is 0 Å². The Hall–Kier alpha value is -0.900. The van der Waals surface area contributed by atoms with E-state index in [-0.39, 0.29) is 0 Å². The molecule has 0 aromatic carbocycles. The molecule has 3 N–H and O–H groups in total. The van der Waals surface area contributed by atoms with Gasteiger partial charge in [-0.05, 0) is 93.0 Å². The summed E-state index contributed by atoms with van der Waals surface area (Å²) in [6.07, 6.45) is 15.9. The highest BCUT2D eigenvalue weighted by Crippen LogP contribution is 2.60. The molecule has 0 amide bonds. The van der Waals surface area contributed by atoms with E-state index in [1.807, 2.05) is 0 Å². The Kier molecular flexibility index (Phi) is 8.50. The summed E-state index contributed by atoms with van der Waals surface area (Å²) in [4.78, 5) is 0. The molecule has 3 aliphatic rings. The van der Waals surface area contributed by atoms with Gasteiger partial charge in [-0.15, -0.1) is 0 Å². The molecule has 0 bridgehead atoms. The van der Waals surface area contributed by atoms with Gasteiger partial charge < -0.3 is 15.3 Å². The minimum Gasteiger partial charge on any atom is -0.390 e. The first-order valence-corrected chi connectivity index (χ1v) is 13.3. The predicted octanol–water partition coefficient (Wildman–Crippen LogP) is 6.48. The van der Waals surface area contributed by atoms with Crippen LogP contribution in [0.25, 0.3) is 0 Å². The molecule has 0 aromatic rings. The molecule has 3 nitrogen and oxygen atoms in total. The van der Waals surface area contributed by atoms with Crippen molar-refractivity contribution in [3.8, 4) is 0 Å². The molecule has 32 heavy (non-hydrogen) atoms. The molecule has 6 atom stereocenters. The van der Waals surface area contributed by atoms with E-state index in [1.54, 1.807) is 5.57 Å². The second-order valence-corrected chi connectivity index (χ2v) is 11.5. The Bertz CT molecular complexity index is 700. The van der Waals surface area contributed by atoms with E-state index in [4.69, 9.17) is 0 Å². The number of aliphatic hydroxyl groups excluding tert-OH is 2. The Labute approximate surface area is 196 Å². The lowest BCUT2D eigenvalue weighted by Gasteiger charge is -2.44. The number of allylic oxidation sites excluding steroid dienone is 3. The molecule has 3 rings (SSSR count). The average Bonchev–Trinajstić information content (AvgIpc) is 3.13. The van der Waals surface area contributed by atoms with E-state index in [1.165, 1.54) is 38.5 Å². The van der Waals surface area contributed by atoms with E-state index < -0.39 is 17.8 Å². The second kappa shape index (κ2) is 10.6.